The van der Waals surface area contributed by atoms with Crippen LogP contribution in [0.2, 0.25) is 0 Å². The number of nitrogens with zero attached hydrogens (tertiary/aromatic N) is 2. The van der Waals surface area contributed by atoms with Gasteiger partial charge in [0.2, 0.25) is 5.95 Å². The molecule has 1 atom stereocenters. The highest BCUT2D eigenvalue weighted by molar-refractivity contribution is 5.41. The Morgan fingerprint density at radius 1 is 1.25 bits per heavy atom. The van der Waals surface area contributed by atoms with Gasteiger partial charge in [0.15, 0.2) is 11.6 Å². The van der Waals surface area contributed by atoms with Gasteiger partial charge in [0.05, 0.1) is 6.20 Å². The molecule has 0 radical (unpaired) electrons. The summed E-state index contributed by atoms with van der Waals surface area (Å²) in [6, 6.07) is 0.206. The van der Waals surface area contributed by atoms with Gasteiger partial charge in [-0.15, -0.1) is 0 Å². The molecule has 0 aliphatic carbocycles. The first kappa shape index (κ1) is 16.7. The molecule has 0 saturated carbocycles. The Hall–Kier alpha value is -1.39. The van der Waals surface area contributed by atoms with Crippen LogP contribution in [0, 0.1) is 11.7 Å². The van der Waals surface area contributed by atoms with E-state index in [1.165, 1.54) is 12.6 Å². The zero-order chi connectivity index (χ0) is 15.0. The summed E-state index contributed by atoms with van der Waals surface area (Å²) in [7, 11) is 0. The number of anilines is 2. The number of aromatic nitrogens is 2. The number of halogens is 1. The van der Waals surface area contributed by atoms with Crippen LogP contribution in [0.1, 0.15) is 53.4 Å². The Bertz CT molecular complexity index is 395. The van der Waals surface area contributed by atoms with Crippen LogP contribution in [0.4, 0.5) is 16.2 Å². The van der Waals surface area contributed by atoms with E-state index < -0.39 is 5.82 Å². The van der Waals surface area contributed by atoms with E-state index in [2.05, 4.69) is 48.3 Å². The van der Waals surface area contributed by atoms with E-state index in [4.69, 9.17) is 0 Å². The molecule has 0 aromatic carbocycles. The summed E-state index contributed by atoms with van der Waals surface area (Å²) in [6.45, 7) is 9.34. The predicted molar refractivity (Wildman–Crippen MR) is 82.5 cm³/mol. The highest BCUT2D eigenvalue weighted by Gasteiger charge is 2.10. The molecule has 2 N–H and O–H groups in total. The molecular formula is C15H27FN4. The van der Waals surface area contributed by atoms with Gasteiger partial charge < -0.3 is 10.6 Å². The molecule has 1 aromatic rings. The number of rotatable bonds is 9. The first-order chi connectivity index (χ1) is 9.52. The second-order valence-electron chi connectivity index (χ2n) is 5.69. The Labute approximate surface area is 121 Å². The molecular weight excluding hydrogens is 255 g/mol. The van der Waals surface area contributed by atoms with Gasteiger partial charge in [0.1, 0.15) is 0 Å². The van der Waals surface area contributed by atoms with Crippen molar-refractivity contribution in [1.29, 1.82) is 0 Å². The SMILES string of the molecule is CCCNc1ncc(F)c(NC(C)CCCC(C)C)n1. The van der Waals surface area contributed by atoms with Gasteiger partial charge in [-0.05, 0) is 25.7 Å². The third-order valence-corrected chi connectivity index (χ3v) is 3.08. The van der Waals surface area contributed by atoms with Crippen LogP contribution in [-0.2, 0) is 0 Å². The summed E-state index contributed by atoms with van der Waals surface area (Å²) in [5.74, 6) is 1.08. The summed E-state index contributed by atoms with van der Waals surface area (Å²) >= 11 is 0. The summed E-state index contributed by atoms with van der Waals surface area (Å²) in [6.07, 6.45) is 5.55. The third kappa shape index (κ3) is 6.17. The Kier molecular flexibility index (Phi) is 7.26. The molecule has 0 amide bonds. The van der Waals surface area contributed by atoms with Gasteiger partial charge >= 0.3 is 0 Å². The first-order valence-corrected chi connectivity index (χ1v) is 7.55. The average molecular weight is 282 g/mol. The maximum absolute atomic E-state index is 13.7. The van der Waals surface area contributed by atoms with Crippen molar-refractivity contribution in [1.82, 2.24) is 9.97 Å². The lowest BCUT2D eigenvalue weighted by molar-refractivity contribution is 0.518. The van der Waals surface area contributed by atoms with Crippen molar-refractivity contribution in [2.75, 3.05) is 17.2 Å². The zero-order valence-electron chi connectivity index (χ0n) is 13.0. The third-order valence-electron chi connectivity index (χ3n) is 3.08. The fourth-order valence-corrected chi connectivity index (χ4v) is 1.93. The zero-order valence-corrected chi connectivity index (χ0v) is 13.0. The van der Waals surface area contributed by atoms with Gasteiger partial charge in [0, 0.05) is 12.6 Å². The highest BCUT2D eigenvalue weighted by Crippen LogP contribution is 2.16. The molecule has 0 aliphatic heterocycles. The second kappa shape index (κ2) is 8.72. The Morgan fingerprint density at radius 3 is 2.65 bits per heavy atom. The molecule has 0 aliphatic rings. The molecule has 1 heterocycles. The minimum absolute atomic E-state index is 0.206. The smallest absolute Gasteiger partial charge is 0.224 e. The molecule has 5 heteroatoms. The van der Waals surface area contributed by atoms with E-state index in [1.807, 2.05) is 0 Å². The van der Waals surface area contributed by atoms with Crippen LogP contribution in [0.25, 0.3) is 0 Å². The summed E-state index contributed by atoms with van der Waals surface area (Å²) in [5, 5.41) is 6.20. The normalized spacial score (nSPS) is 12.5. The average Bonchev–Trinajstić information content (AvgIpc) is 2.39. The topological polar surface area (TPSA) is 49.8 Å². The molecule has 1 aromatic heterocycles. The molecule has 20 heavy (non-hydrogen) atoms. The minimum atomic E-state index is -0.400. The van der Waals surface area contributed by atoms with E-state index in [0.717, 1.165) is 25.8 Å². The van der Waals surface area contributed by atoms with Crippen LogP contribution in [-0.4, -0.2) is 22.6 Å². The van der Waals surface area contributed by atoms with Crippen LogP contribution in [0.3, 0.4) is 0 Å². The van der Waals surface area contributed by atoms with Crippen LogP contribution in [0.15, 0.2) is 6.20 Å². The van der Waals surface area contributed by atoms with Crippen LogP contribution >= 0.6 is 0 Å². The van der Waals surface area contributed by atoms with Crippen molar-refractivity contribution in [2.45, 2.75) is 59.4 Å². The number of hydrogen-bond acceptors (Lipinski definition) is 4. The second-order valence-corrected chi connectivity index (χ2v) is 5.69. The largest absolute Gasteiger partial charge is 0.365 e. The maximum Gasteiger partial charge on any atom is 0.224 e. The molecule has 0 spiro atoms. The lowest BCUT2D eigenvalue weighted by atomic mass is 10.0. The Balaban J connectivity index is 2.52. The van der Waals surface area contributed by atoms with Crippen molar-refractivity contribution in [3.05, 3.63) is 12.0 Å². The minimum Gasteiger partial charge on any atom is -0.365 e. The molecule has 1 unspecified atom stereocenters. The van der Waals surface area contributed by atoms with Gasteiger partial charge in [0.25, 0.3) is 0 Å². The number of hydrogen-bond donors (Lipinski definition) is 2. The van der Waals surface area contributed by atoms with Crippen molar-refractivity contribution >= 4 is 11.8 Å². The molecule has 1 rings (SSSR count). The standard InChI is InChI=1S/C15H27FN4/c1-5-9-17-15-18-10-13(16)14(20-15)19-12(4)8-6-7-11(2)3/h10-12H,5-9H2,1-4H3,(H2,17,18,19,20). The highest BCUT2D eigenvalue weighted by atomic mass is 19.1. The fraction of sp³-hybridized carbons (Fsp3) is 0.733. The summed E-state index contributed by atoms with van der Waals surface area (Å²) < 4.78 is 13.7. The van der Waals surface area contributed by atoms with E-state index in [1.54, 1.807) is 0 Å². The van der Waals surface area contributed by atoms with Gasteiger partial charge in [-0.3, -0.25) is 0 Å². The first-order valence-electron chi connectivity index (χ1n) is 7.55. The van der Waals surface area contributed by atoms with E-state index in [9.17, 15) is 4.39 Å². The van der Waals surface area contributed by atoms with Gasteiger partial charge in [-0.25, -0.2) is 9.37 Å². The molecule has 0 fully saturated rings. The maximum atomic E-state index is 13.7. The van der Waals surface area contributed by atoms with E-state index >= 15 is 0 Å². The quantitative estimate of drug-likeness (QED) is 0.717. The van der Waals surface area contributed by atoms with Gasteiger partial charge in [-0.1, -0.05) is 33.6 Å². The van der Waals surface area contributed by atoms with Crippen LogP contribution < -0.4 is 10.6 Å². The van der Waals surface area contributed by atoms with Crippen LogP contribution in [0.5, 0.6) is 0 Å². The lowest BCUT2D eigenvalue weighted by Crippen LogP contribution is -2.18. The Morgan fingerprint density at radius 2 is 2.00 bits per heavy atom. The van der Waals surface area contributed by atoms with E-state index in [-0.39, 0.29) is 11.9 Å². The molecule has 0 saturated heterocycles. The van der Waals surface area contributed by atoms with Crippen molar-refractivity contribution in [3.63, 3.8) is 0 Å². The van der Waals surface area contributed by atoms with E-state index in [0.29, 0.717) is 11.9 Å². The molecule has 4 nitrogen and oxygen atoms in total. The van der Waals surface area contributed by atoms with Crippen molar-refractivity contribution in [2.24, 2.45) is 5.92 Å². The summed E-state index contributed by atoms with van der Waals surface area (Å²) in [5.41, 5.74) is 0. The fourth-order valence-electron chi connectivity index (χ4n) is 1.93. The monoisotopic (exact) mass is 282 g/mol. The predicted octanol–water partition coefficient (Wildman–Crippen LogP) is 4.06. The van der Waals surface area contributed by atoms with Crippen molar-refractivity contribution in [3.8, 4) is 0 Å². The lowest BCUT2D eigenvalue weighted by Gasteiger charge is -2.16. The number of nitrogens with one attached hydrogen (secondary N) is 2. The molecule has 0 bridgehead atoms. The van der Waals surface area contributed by atoms with Crippen molar-refractivity contribution < 1.29 is 4.39 Å². The van der Waals surface area contributed by atoms with Gasteiger partial charge in [-0.2, -0.15) is 4.98 Å². The molecule has 114 valence electrons. The summed E-state index contributed by atoms with van der Waals surface area (Å²) in [4.78, 5) is 8.12.